The van der Waals surface area contributed by atoms with Crippen molar-refractivity contribution in [1.82, 2.24) is 10.2 Å². The summed E-state index contributed by atoms with van der Waals surface area (Å²) in [5.74, 6) is 0. The highest BCUT2D eigenvalue weighted by Crippen LogP contribution is 2.10. The first kappa shape index (κ1) is 63.7. The van der Waals surface area contributed by atoms with Crippen LogP contribution in [-0.4, -0.2) is 135 Å². The van der Waals surface area contributed by atoms with Gasteiger partial charge < -0.3 is 44.7 Å². The number of aliphatic hydroxyl groups excluding tert-OH is 4. The van der Waals surface area contributed by atoms with E-state index in [0.717, 1.165) is 65.1 Å². The summed E-state index contributed by atoms with van der Waals surface area (Å²) in [5, 5.41) is 43.9. The summed E-state index contributed by atoms with van der Waals surface area (Å²) in [6, 6.07) is 0. The maximum atomic E-state index is 10.5. The van der Waals surface area contributed by atoms with E-state index in [1.165, 1.54) is 161 Å². The van der Waals surface area contributed by atoms with E-state index in [1.54, 1.807) is 0 Å². The summed E-state index contributed by atoms with van der Waals surface area (Å²) in [7, 11) is 0. The minimum Gasteiger partial charge on any atom is -0.389 e. The van der Waals surface area contributed by atoms with Crippen molar-refractivity contribution in [3.63, 3.8) is 0 Å². The Morgan fingerprint density at radius 1 is 0.323 bits per heavy atom. The van der Waals surface area contributed by atoms with Crippen LogP contribution in [0.3, 0.4) is 0 Å². The SMILES string of the molecule is CCCCCCCCOCC(O)CN(CCCCCCCC)CC(O)COCCCCCCCC.CCCCCCCCOCC(O)CNCC(O)COCCCCCCCC. The first-order chi connectivity index (χ1) is 30.3. The molecule has 5 N–H and O–H groups in total. The molecule has 0 radical (unpaired) electrons. The molecular weight excluding hydrogens is 781 g/mol. The molecule has 0 spiro atoms. The molecule has 0 saturated heterocycles. The third-order valence-electron chi connectivity index (χ3n) is 11.3. The maximum Gasteiger partial charge on any atom is 0.0900 e. The van der Waals surface area contributed by atoms with E-state index in [0.29, 0.717) is 52.6 Å². The van der Waals surface area contributed by atoms with Crippen molar-refractivity contribution in [2.75, 3.05) is 85.6 Å². The fraction of sp³-hybridized carbons (Fsp3) is 1.00. The Morgan fingerprint density at radius 3 is 0.855 bits per heavy atom. The van der Waals surface area contributed by atoms with Crippen molar-refractivity contribution in [3.8, 4) is 0 Å². The van der Waals surface area contributed by atoms with Crippen LogP contribution in [0.1, 0.15) is 227 Å². The molecule has 0 amide bonds. The van der Waals surface area contributed by atoms with Gasteiger partial charge in [0.1, 0.15) is 0 Å². The maximum absolute atomic E-state index is 10.5. The lowest BCUT2D eigenvalue weighted by Gasteiger charge is -2.27. The number of hydrogen-bond acceptors (Lipinski definition) is 10. The molecule has 376 valence electrons. The molecule has 0 aliphatic heterocycles. The van der Waals surface area contributed by atoms with Crippen LogP contribution in [0.5, 0.6) is 0 Å². The first-order valence-electron chi connectivity index (χ1n) is 26.8. The van der Waals surface area contributed by atoms with E-state index in [4.69, 9.17) is 18.9 Å². The summed E-state index contributed by atoms with van der Waals surface area (Å²) < 4.78 is 22.5. The fourth-order valence-corrected chi connectivity index (χ4v) is 7.42. The van der Waals surface area contributed by atoms with E-state index < -0.39 is 24.4 Å². The summed E-state index contributed by atoms with van der Waals surface area (Å²) in [6.45, 7) is 18.4. The van der Waals surface area contributed by atoms with Crippen LogP contribution < -0.4 is 5.32 Å². The standard InChI is InChI=1S/C30H63NO4.C22H47NO4/c1-4-7-10-13-16-19-22-31(25-29(32)27-34-23-20-17-14-11-8-5-2)26-30(33)28-35-24-21-18-15-12-9-6-3;1-3-5-7-9-11-13-15-26-19-21(24)17-23-18-22(25)20-27-16-14-12-10-8-6-4-2/h29-30,32-33H,4-28H2,1-3H3;21-25H,3-20H2,1-2H3. The van der Waals surface area contributed by atoms with Crippen molar-refractivity contribution >= 4 is 0 Å². The number of nitrogens with one attached hydrogen (secondary N) is 1. The van der Waals surface area contributed by atoms with Gasteiger partial charge in [0.15, 0.2) is 0 Å². The van der Waals surface area contributed by atoms with Gasteiger partial charge in [-0.3, -0.25) is 4.90 Å². The summed E-state index contributed by atoms with van der Waals surface area (Å²) in [5.41, 5.74) is 0. The van der Waals surface area contributed by atoms with Crippen molar-refractivity contribution in [3.05, 3.63) is 0 Å². The number of ether oxygens (including phenoxy) is 4. The first-order valence-corrected chi connectivity index (χ1v) is 26.8. The van der Waals surface area contributed by atoms with Crippen molar-refractivity contribution in [1.29, 1.82) is 0 Å². The Balaban J connectivity index is 0. The Hall–Kier alpha value is -0.400. The number of aliphatic hydroxyl groups is 4. The highest BCUT2D eigenvalue weighted by atomic mass is 16.5. The van der Waals surface area contributed by atoms with E-state index in [1.807, 2.05) is 0 Å². The van der Waals surface area contributed by atoms with E-state index in [2.05, 4.69) is 44.8 Å². The molecule has 0 aromatic heterocycles. The Labute approximate surface area is 385 Å². The minimum absolute atomic E-state index is 0.354. The van der Waals surface area contributed by atoms with E-state index in [9.17, 15) is 20.4 Å². The highest BCUT2D eigenvalue weighted by molar-refractivity contribution is 4.70. The quantitative estimate of drug-likeness (QED) is 0.0376. The molecule has 0 aliphatic carbocycles. The van der Waals surface area contributed by atoms with Gasteiger partial charge in [-0.05, 0) is 38.6 Å². The normalized spacial score (nSPS) is 13.6. The van der Waals surface area contributed by atoms with Gasteiger partial charge in [0.2, 0.25) is 0 Å². The number of hydrogen-bond donors (Lipinski definition) is 5. The third-order valence-corrected chi connectivity index (χ3v) is 11.3. The zero-order valence-corrected chi connectivity index (χ0v) is 42.1. The number of nitrogens with zero attached hydrogens (tertiary/aromatic N) is 1. The smallest absolute Gasteiger partial charge is 0.0900 e. The van der Waals surface area contributed by atoms with Gasteiger partial charge >= 0.3 is 0 Å². The van der Waals surface area contributed by atoms with Gasteiger partial charge in [0.25, 0.3) is 0 Å². The van der Waals surface area contributed by atoms with Crippen LogP contribution in [0, 0.1) is 0 Å². The summed E-state index contributed by atoms with van der Waals surface area (Å²) in [6.07, 6.45) is 35.3. The van der Waals surface area contributed by atoms with Crippen LogP contribution in [0.2, 0.25) is 0 Å². The van der Waals surface area contributed by atoms with Gasteiger partial charge in [-0.2, -0.15) is 0 Å². The lowest BCUT2D eigenvalue weighted by Crippen LogP contribution is -2.41. The Bertz CT molecular complexity index is 746. The molecule has 0 rings (SSSR count). The average Bonchev–Trinajstić information content (AvgIpc) is 3.26. The van der Waals surface area contributed by atoms with Crippen molar-refractivity contribution < 1.29 is 39.4 Å². The van der Waals surface area contributed by atoms with Crippen LogP contribution in [0.25, 0.3) is 0 Å². The topological polar surface area (TPSA) is 133 Å². The second-order valence-corrected chi connectivity index (χ2v) is 18.2. The lowest BCUT2D eigenvalue weighted by atomic mass is 10.1. The molecule has 62 heavy (non-hydrogen) atoms. The molecular formula is C52H110N2O8. The van der Waals surface area contributed by atoms with Gasteiger partial charge in [0.05, 0.1) is 50.8 Å². The number of unbranched alkanes of at least 4 members (excludes halogenated alkanes) is 25. The molecule has 4 atom stereocenters. The highest BCUT2D eigenvalue weighted by Gasteiger charge is 2.16. The Morgan fingerprint density at radius 2 is 0.565 bits per heavy atom. The lowest BCUT2D eigenvalue weighted by molar-refractivity contribution is -0.0113. The largest absolute Gasteiger partial charge is 0.389 e. The van der Waals surface area contributed by atoms with Crippen LogP contribution in [0.15, 0.2) is 0 Å². The van der Waals surface area contributed by atoms with E-state index >= 15 is 0 Å². The fourth-order valence-electron chi connectivity index (χ4n) is 7.42. The average molecular weight is 891 g/mol. The zero-order valence-electron chi connectivity index (χ0n) is 42.1. The molecule has 10 heteroatoms. The predicted octanol–water partition coefficient (Wildman–Crippen LogP) is 11.2. The van der Waals surface area contributed by atoms with Crippen LogP contribution >= 0.6 is 0 Å². The zero-order chi connectivity index (χ0) is 45.8. The molecule has 0 aliphatic rings. The van der Waals surface area contributed by atoms with Crippen molar-refractivity contribution in [2.45, 2.75) is 252 Å². The summed E-state index contributed by atoms with van der Waals surface area (Å²) in [4.78, 5) is 2.21. The van der Waals surface area contributed by atoms with Gasteiger partial charge in [-0.15, -0.1) is 0 Å². The second-order valence-electron chi connectivity index (χ2n) is 18.2. The molecule has 0 fully saturated rings. The molecule has 0 aromatic carbocycles. The van der Waals surface area contributed by atoms with Crippen LogP contribution in [-0.2, 0) is 18.9 Å². The molecule has 0 heterocycles. The molecule has 0 bridgehead atoms. The molecule has 0 saturated carbocycles. The molecule has 0 aromatic rings. The van der Waals surface area contributed by atoms with Gasteiger partial charge in [-0.25, -0.2) is 0 Å². The van der Waals surface area contributed by atoms with Crippen LogP contribution in [0.4, 0.5) is 0 Å². The third kappa shape index (κ3) is 53.9. The second kappa shape index (κ2) is 54.9. The monoisotopic (exact) mass is 891 g/mol. The van der Waals surface area contributed by atoms with Crippen molar-refractivity contribution in [2.24, 2.45) is 0 Å². The minimum atomic E-state index is -0.527. The van der Waals surface area contributed by atoms with E-state index in [-0.39, 0.29) is 0 Å². The molecule has 4 unspecified atom stereocenters. The predicted molar refractivity (Wildman–Crippen MR) is 263 cm³/mol. The number of rotatable bonds is 51. The van der Waals surface area contributed by atoms with Gasteiger partial charge in [-0.1, -0.05) is 195 Å². The summed E-state index contributed by atoms with van der Waals surface area (Å²) >= 11 is 0. The Kier molecular flexibility index (Phi) is 56.4. The van der Waals surface area contributed by atoms with Gasteiger partial charge in [0, 0.05) is 52.6 Å². The molecule has 10 nitrogen and oxygen atoms in total.